The van der Waals surface area contributed by atoms with Gasteiger partial charge in [0, 0.05) is 37.0 Å². The summed E-state index contributed by atoms with van der Waals surface area (Å²) in [5.74, 6) is 0.869. The molecule has 38 heavy (non-hydrogen) atoms. The highest BCUT2D eigenvalue weighted by atomic mass is 35.5. The van der Waals surface area contributed by atoms with Crippen molar-refractivity contribution in [1.29, 1.82) is 0 Å². The van der Waals surface area contributed by atoms with Gasteiger partial charge in [0.25, 0.3) is 0 Å². The molecule has 2 aromatic heterocycles. The summed E-state index contributed by atoms with van der Waals surface area (Å²) >= 11 is 6.68. The van der Waals surface area contributed by atoms with Crippen LogP contribution in [0.1, 0.15) is 57.6 Å². The normalized spacial score (nSPS) is 18.3. The van der Waals surface area contributed by atoms with E-state index >= 15 is 0 Å². The molecule has 7 nitrogen and oxygen atoms in total. The zero-order chi connectivity index (χ0) is 27.1. The Morgan fingerprint density at radius 3 is 2.53 bits per heavy atom. The number of carbonyl (C=O) groups is 1. The average Bonchev–Trinajstić information content (AvgIpc) is 2.89. The zero-order valence-electron chi connectivity index (χ0n) is 22.6. The monoisotopic (exact) mass is 536 g/mol. The minimum Gasteiger partial charge on any atom is -0.481 e. The average molecular weight is 537 g/mol. The fourth-order valence-electron chi connectivity index (χ4n) is 4.82. The van der Waals surface area contributed by atoms with E-state index < -0.39 is 5.60 Å². The predicted molar refractivity (Wildman–Crippen MR) is 152 cm³/mol. The number of benzene rings is 1. The number of pyridine rings is 2. The van der Waals surface area contributed by atoms with E-state index in [1.807, 2.05) is 32.9 Å². The summed E-state index contributed by atoms with van der Waals surface area (Å²) < 4.78 is 10.8. The number of carbonyl (C=O) groups excluding carboxylic acids is 1. The summed E-state index contributed by atoms with van der Waals surface area (Å²) in [7, 11) is 1.60. The van der Waals surface area contributed by atoms with Gasteiger partial charge >= 0.3 is 6.09 Å². The summed E-state index contributed by atoms with van der Waals surface area (Å²) in [6.07, 6.45) is 7.18. The van der Waals surface area contributed by atoms with Gasteiger partial charge in [-0.2, -0.15) is 0 Å². The summed E-state index contributed by atoms with van der Waals surface area (Å²) in [4.78, 5) is 21.4. The predicted octanol–water partition coefficient (Wildman–Crippen LogP) is 6.55. The third-order valence-corrected chi connectivity index (χ3v) is 6.99. The molecule has 1 saturated carbocycles. The Morgan fingerprint density at radius 1 is 1.11 bits per heavy atom. The number of nitrogens with zero attached hydrogens (tertiary/aromatic N) is 2. The minimum atomic E-state index is -0.509. The van der Waals surface area contributed by atoms with Crippen molar-refractivity contribution in [1.82, 2.24) is 20.6 Å². The molecule has 0 saturated heterocycles. The molecule has 4 rings (SSSR count). The smallest absolute Gasteiger partial charge is 0.407 e. The second-order valence-corrected chi connectivity index (χ2v) is 11.2. The molecule has 0 unspecified atom stereocenters. The minimum absolute atomic E-state index is 0.107. The molecular weight excluding hydrogens is 500 g/mol. The molecule has 1 aliphatic rings. The van der Waals surface area contributed by atoms with Gasteiger partial charge in [-0.25, -0.2) is 9.78 Å². The lowest BCUT2D eigenvalue weighted by Gasteiger charge is -2.31. The molecule has 3 aromatic rings. The Hall–Kier alpha value is -3.16. The number of hydrogen-bond acceptors (Lipinski definition) is 6. The highest BCUT2D eigenvalue weighted by Crippen LogP contribution is 2.34. The maximum atomic E-state index is 12.3. The molecule has 0 atom stereocenters. The Labute approximate surface area is 230 Å². The van der Waals surface area contributed by atoms with E-state index in [0.717, 1.165) is 48.8 Å². The van der Waals surface area contributed by atoms with Gasteiger partial charge in [-0.1, -0.05) is 53.6 Å². The van der Waals surface area contributed by atoms with Gasteiger partial charge in [-0.05, 0) is 64.0 Å². The Morgan fingerprint density at radius 2 is 1.84 bits per heavy atom. The van der Waals surface area contributed by atoms with Crippen molar-refractivity contribution in [2.24, 2.45) is 5.92 Å². The van der Waals surface area contributed by atoms with E-state index in [2.05, 4.69) is 50.9 Å². The van der Waals surface area contributed by atoms with Crippen molar-refractivity contribution in [3.05, 3.63) is 70.4 Å². The van der Waals surface area contributed by atoms with Crippen molar-refractivity contribution in [2.45, 2.75) is 64.6 Å². The van der Waals surface area contributed by atoms with E-state index in [4.69, 9.17) is 21.1 Å². The molecule has 0 spiro atoms. The summed E-state index contributed by atoms with van der Waals surface area (Å²) in [5, 5.41) is 7.22. The molecule has 2 heterocycles. The molecular formula is C30H37ClN4O3. The third kappa shape index (κ3) is 7.68. The lowest BCUT2D eigenvalue weighted by molar-refractivity contribution is 0.0489. The van der Waals surface area contributed by atoms with Crippen LogP contribution in [-0.4, -0.2) is 41.4 Å². The second kappa shape index (κ2) is 12.6. The standard InChI is InChI=1S/C30H37ClN4O3/c1-30(2,3)38-29(36)34-23-12-10-21(11-13-23)22(18-32-17-20-8-6-5-7-9-20)16-24-25(31)19-33-26-14-15-27(37-4)35-28(24)26/h5-9,14-16,19,21,23,32H,10-13,17-18H2,1-4H3,(H,34,36)/b22-16-/t21-,23-. The van der Waals surface area contributed by atoms with Crippen LogP contribution in [0.3, 0.4) is 0 Å². The zero-order valence-corrected chi connectivity index (χ0v) is 23.3. The lowest BCUT2D eigenvalue weighted by atomic mass is 9.80. The van der Waals surface area contributed by atoms with Crippen molar-refractivity contribution >= 4 is 34.8 Å². The van der Waals surface area contributed by atoms with Crippen LogP contribution in [0.2, 0.25) is 5.02 Å². The first-order chi connectivity index (χ1) is 18.2. The van der Waals surface area contributed by atoms with E-state index in [9.17, 15) is 4.79 Å². The van der Waals surface area contributed by atoms with E-state index in [1.165, 1.54) is 11.1 Å². The second-order valence-electron chi connectivity index (χ2n) is 10.7. The molecule has 1 aliphatic carbocycles. The molecule has 2 N–H and O–H groups in total. The van der Waals surface area contributed by atoms with Gasteiger partial charge in [0.1, 0.15) is 11.1 Å². The number of fused-ring (bicyclic) bond motifs is 1. The number of alkyl carbamates (subject to hydrolysis) is 1. The Bertz CT molecular complexity index is 1270. The Kier molecular flexibility index (Phi) is 9.23. The molecule has 1 fully saturated rings. The highest BCUT2D eigenvalue weighted by molar-refractivity contribution is 6.33. The van der Waals surface area contributed by atoms with Crippen molar-refractivity contribution in [2.75, 3.05) is 13.7 Å². The van der Waals surface area contributed by atoms with Crippen LogP contribution in [0.5, 0.6) is 5.88 Å². The number of rotatable bonds is 8. The van der Waals surface area contributed by atoms with Crippen LogP contribution < -0.4 is 15.4 Å². The topological polar surface area (TPSA) is 85.4 Å². The fourth-order valence-corrected chi connectivity index (χ4v) is 5.02. The number of ether oxygens (including phenoxy) is 2. The van der Waals surface area contributed by atoms with Gasteiger partial charge in [0.15, 0.2) is 0 Å². The van der Waals surface area contributed by atoms with Crippen LogP contribution in [0.25, 0.3) is 17.1 Å². The summed E-state index contributed by atoms with van der Waals surface area (Å²) in [6, 6.07) is 14.2. The maximum Gasteiger partial charge on any atom is 0.407 e. The summed E-state index contributed by atoms with van der Waals surface area (Å²) in [5.41, 5.74) is 4.32. The number of halogens is 1. The summed E-state index contributed by atoms with van der Waals surface area (Å²) in [6.45, 7) is 7.11. The van der Waals surface area contributed by atoms with Crippen molar-refractivity contribution in [3.8, 4) is 5.88 Å². The first-order valence-corrected chi connectivity index (χ1v) is 13.5. The van der Waals surface area contributed by atoms with Gasteiger partial charge in [-0.3, -0.25) is 4.98 Å². The first-order valence-electron chi connectivity index (χ1n) is 13.2. The number of aromatic nitrogens is 2. The molecule has 8 heteroatoms. The van der Waals surface area contributed by atoms with Crippen LogP contribution in [-0.2, 0) is 11.3 Å². The van der Waals surface area contributed by atoms with Crippen LogP contribution in [0.4, 0.5) is 4.79 Å². The van der Waals surface area contributed by atoms with Gasteiger partial charge in [0.05, 0.1) is 17.6 Å². The largest absolute Gasteiger partial charge is 0.481 e. The number of methoxy groups -OCH3 is 1. The first kappa shape index (κ1) is 27.9. The van der Waals surface area contributed by atoms with Crippen LogP contribution in [0, 0.1) is 5.92 Å². The SMILES string of the molecule is COc1ccc2ncc(Cl)c(/C=C(/CNCc3ccccc3)[C@H]3CC[C@H](NC(=O)OC(C)(C)C)CC3)c2n1. The van der Waals surface area contributed by atoms with Crippen LogP contribution >= 0.6 is 11.6 Å². The van der Waals surface area contributed by atoms with E-state index in [1.54, 1.807) is 19.4 Å². The molecule has 0 bridgehead atoms. The van der Waals surface area contributed by atoms with Crippen molar-refractivity contribution in [3.63, 3.8) is 0 Å². The van der Waals surface area contributed by atoms with Crippen LogP contribution in [0.15, 0.2) is 54.2 Å². The molecule has 1 aromatic carbocycles. The number of hydrogen-bond donors (Lipinski definition) is 2. The Balaban J connectivity index is 1.55. The van der Waals surface area contributed by atoms with Gasteiger partial charge in [-0.15, -0.1) is 0 Å². The third-order valence-electron chi connectivity index (χ3n) is 6.69. The molecule has 0 aliphatic heterocycles. The van der Waals surface area contributed by atoms with E-state index in [-0.39, 0.29) is 12.1 Å². The lowest BCUT2D eigenvalue weighted by Crippen LogP contribution is -2.41. The quantitative estimate of drug-likeness (QED) is 0.339. The number of amides is 1. The van der Waals surface area contributed by atoms with Gasteiger partial charge in [0.2, 0.25) is 5.88 Å². The highest BCUT2D eigenvalue weighted by Gasteiger charge is 2.27. The van der Waals surface area contributed by atoms with Crippen molar-refractivity contribution < 1.29 is 14.3 Å². The van der Waals surface area contributed by atoms with Gasteiger partial charge < -0.3 is 20.1 Å². The van der Waals surface area contributed by atoms with E-state index in [0.29, 0.717) is 23.4 Å². The fraction of sp³-hybridized carbons (Fsp3) is 0.433. The molecule has 202 valence electrons. The maximum absolute atomic E-state index is 12.3. The molecule has 0 radical (unpaired) electrons. The molecule has 1 amide bonds. The number of nitrogens with one attached hydrogen (secondary N) is 2.